The number of pyridine rings is 1. The van der Waals surface area contributed by atoms with Gasteiger partial charge in [-0.1, -0.05) is 124 Å². The molecular weight excluding hydrogens is 863 g/mol. The number of aromatic nitrogens is 1. The summed E-state index contributed by atoms with van der Waals surface area (Å²) in [5.41, 5.74) is 8.00. The Morgan fingerprint density at radius 3 is 2.19 bits per heavy atom. The second-order valence-corrected chi connectivity index (χ2v) is 17.5. The molecule has 289 valence electrons. The van der Waals surface area contributed by atoms with Crippen molar-refractivity contribution in [3.63, 3.8) is 0 Å². The number of nitrogens with zero attached hydrogens (tertiary/aromatic N) is 1. The summed E-state index contributed by atoms with van der Waals surface area (Å²) in [5.74, 6) is 0.929. The number of ketones is 1. The van der Waals surface area contributed by atoms with Gasteiger partial charge in [0.05, 0.1) is 6.26 Å². The van der Waals surface area contributed by atoms with Crippen molar-refractivity contribution >= 4 is 49.1 Å². The summed E-state index contributed by atoms with van der Waals surface area (Å²) >= 11 is 1.83. The third kappa shape index (κ3) is 9.10. The van der Waals surface area contributed by atoms with E-state index in [1.54, 1.807) is 6.26 Å². The summed E-state index contributed by atoms with van der Waals surface area (Å²) in [7, 11) is 0. The van der Waals surface area contributed by atoms with E-state index in [9.17, 15) is 9.90 Å². The van der Waals surface area contributed by atoms with E-state index in [1.807, 2.05) is 58.9 Å². The average Bonchev–Trinajstić information content (AvgIpc) is 3.79. The van der Waals surface area contributed by atoms with Crippen LogP contribution in [0, 0.1) is 22.8 Å². The van der Waals surface area contributed by atoms with Crippen LogP contribution in [0.4, 0.5) is 0 Å². The van der Waals surface area contributed by atoms with Crippen molar-refractivity contribution in [2.24, 2.45) is 16.7 Å². The van der Waals surface area contributed by atoms with Crippen LogP contribution < -0.4 is 0 Å². The molecule has 1 radical (unpaired) electrons. The van der Waals surface area contributed by atoms with E-state index in [0.29, 0.717) is 5.92 Å². The van der Waals surface area contributed by atoms with Crippen LogP contribution in [0.3, 0.4) is 0 Å². The molecule has 1 N–H and O–H groups in total. The fourth-order valence-electron chi connectivity index (χ4n) is 6.83. The molecule has 54 heavy (non-hydrogen) atoms. The predicted molar refractivity (Wildman–Crippen MR) is 227 cm³/mol. The zero-order valence-corrected chi connectivity index (χ0v) is 37.3. The Kier molecular flexibility index (Phi) is 14.0. The molecular formula is C48H58IrNO3S-. The van der Waals surface area contributed by atoms with Crippen LogP contribution in [0.5, 0.6) is 0 Å². The maximum absolute atomic E-state index is 12.2. The number of fused-ring (bicyclic) bond motifs is 3. The van der Waals surface area contributed by atoms with Gasteiger partial charge < -0.3 is 9.52 Å². The number of rotatable bonds is 11. The molecule has 0 spiro atoms. The SMILES string of the molecule is CC(C)Cc1csc2cc(-c3cc(-c4[c-]c5ccccc5c(C(C)(C)C)c4)nc4ccoc34)ccc12.CCC(C)(CC)C(=O)/C=C(\O)C(C)(CC)CC.[Ir]. The molecule has 0 unspecified atom stereocenters. The topological polar surface area (TPSA) is 63.3 Å². The number of aliphatic hydroxyl groups excluding tert-OH is 1. The van der Waals surface area contributed by atoms with Crippen LogP contribution in [0.2, 0.25) is 0 Å². The molecule has 3 heterocycles. The smallest absolute Gasteiger partial charge is 0.164 e. The van der Waals surface area contributed by atoms with Crippen molar-refractivity contribution in [3.8, 4) is 22.4 Å². The summed E-state index contributed by atoms with van der Waals surface area (Å²) in [6.45, 7) is 23.4. The fraction of sp³-hybridized carbons (Fsp3) is 0.417. The van der Waals surface area contributed by atoms with Gasteiger partial charge in [0, 0.05) is 59.0 Å². The van der Waals surface area contributed by atoms with Crippen LogP contribution in [-0.2, 0) is 36.7 Å². The molecule has 0 aliphatic carbocycles. The number of hydrogen-bond donors (Lipinski definition) is 1. The zero-order valence-electron chi connectivity index (χ0n) is 34.1. The molecule has 0 saturated heterocycles. The van der Waals surface area contributed by atoms with Crippen LogP contribution >= 0.6 is 11.3 Å². The number of allylic oxidation sites excluding steroid dienone is 2. The van der Waals surface area contributed by atoms with E-state index in [2.05, 4.69) is 101 Å². The molecule has 4 nitrogen and oxygen atoms in total. The molecule has 0 amide bonds. The molecule has 3 aromatic heterocycles. The first-order valence-electron chi connectivity index (χ1n) is 19.4. The number of hydrogen-bond acceptors (Lipinski definition) is 5. The Bertz CT molecular complexity index is 2240. The van der Waals surface area contributed by atoms with Gasteiger partial charge in [-0.2, -0.15) is 0 Å². The fourth-order valence-corrected chi connectivity index (χ4v) is 7.84. The summed E-state index contributed by atoms with van der Waals surface area (Å²) in [5, 5.41) is 16.2. The Morgan fingerprint density at radius 2 is 1.56 bits per heavy atom. The monoisotopic (exact) mass is 921 g/mol. The second-order valence-electron chi connectivity index (χ2n) is 16.6. The summed E-state index contributed by atoms with van der Waals surface area (Å²) in [4.78, 5) is 17.2. The van der Waals surface area contributed by atoms with Gasteiger partial charge in [-0.3, -0.25) is 9.78 Å². The van der Waals surface area contributed by atoms with E-state index in [-0.39, 0.29) is 47.9 Å². The largest absolute Gasteiger partial charge is 0.512 e. The minimum atomic E-state index is -0.337. The van der Waals surface area contributed by atoms with Gasteiger partial charge in [0.2, 0.25) is 0 Å². The maximum Gasteiger partial charge on any atom is 0.164 e. The molecule has 6 rings (SSSR count). The van der Waals surface area contributed by atoms with Crippen LogP contribution in [0.15, 0.2) is 88.6 Å². The van der Waals surface area contributed by atoms with Gasteiger partial charge in [0.25, 0.3) is 0 Å². The minimum absolute atomic E-state index is 0. The minimum Gasteiger partial charge on any atom is -0.512 e. The molecule has 0 fully saturated rings. The van der Waals surface area contributed by atoms with Gasteiger partial charge in [0.15, 0.2) is 11.4 Å². The first-order valence-corrected chi connectivity index (χ1v) is 20.3. The average molecular weight is 921 g/mol. The summed E-state index contributed by atoms with van der Waals surface area (Å²) in [6.07, 6.45) is 7.60. The van der Waals surface area contributed by atoms with Crippen molar-refractivity contribution in [2.75, 3.05) is 0 Å². The van der Waals surface area contributed by atoms with Crippen molar-refractivity contribution in [1.29, 1.82) is 0 Å². The number of carbonyl (C=O) groups is 1. The first-order chi connectivity index (χ1) is 25.1. The van der Waals surface area contributed by atoms with Gasteiger partial charge in [-0.25, -0.2) is 0 Å². The maximum atomic E-state index is 12.2. The Hall–Kier alpha value is -3.57. The third-order valence-electron chi connectivity index (χ3n) is 11.5. The van der Waals surface area contributed by atoms with Crippen LogP contribution in [-0.4, -0.2) is 15.9 Å². The Balaban J connectivity index is 0.000000309. The number of aliphatic hydroxyl groups is 1. The summed E-state index contributed by atoms with van der Waals surface area (Å²) < 4.78 is 7.26. The molecule has 0 aliphatic heterocycles. The molecule has 0 saturated carbocycles. The molecule has 6 heteroatoms. The van der Waals surface area contributed by atoms with Crippen molar-refractivity contribution < 1.29 is 34.4 Å². The Labute approximate surface area is 340 Å². The normalized spacial score (nSPS) is 12.6. The van der Waals surface area contributed by atoms with E-state index < -0.39 is 0 Å². The van der Waals surface area contributed by atoms with Crippen molar-refractivity contribution in [1.82, 2.24) is 4.98 Å². The summed E-state index contributed by atoms with van der Waals surface area (Å²) in [6, 6.07) is 25.4. The van der Waals surface area contributed by atoms with Gasteiger partial charge >= 0.3 is 0 Å². The third-order valence-corrected chi connectivity index (χ3v) is 12.5. The van der Waals surface area contributed by atoms with Gasteiger partial charge in [0.1, 0.15) is 11.3 Å². The molecule has 0 bridgehead atoms. The second kappa shape index (κ2) is 17.5. The van der Waals surface area contributed by atoms with E-state index in [4.69, 9.17) is 9.40 Å². The zero-order chi connectivity index (χ0) is 38.7. The first kappa shape index (κ1) is 43.2. The van der Waals surface area contributed by atoms with Gasteiger partial charge in [-0.05, 0) is 71.4 Å². The number of carbonyl (C=O) groups excluding carboxylic acids is 1. The number of benzene rings is 3. The number of furan rings is 1. The van der Waals surface area contributed by atoms with Crippen LogP contribution in [0.25, 0.3) is 54.3 Å². The van der Waals surface area contributed by atoms with Crippen LogP contribution in [0.1, 0.15) is 113 Å². The quantitative estimate of drug-likeness (QED) is 0.0799. The number of thiophene rings is 1. The van der Waals surface area contributed by atoms with Crippen molar-refractivity contribution in [3.05, 3.63) is 101 Å². The predicted octanol–water partition coefficient (Wildman–Crippen LogP) is 14.5. The van der Waals surface area contributed by atoms with E-state index >= 15 is 0 Å². The molecule has 0 atom stereocenters. The molecule has 6 aromatic rings. The molecule has 3 aromatic carbocycles. The van der Waals surface area contributed by atoms with Crippen molar-refractivity contribution in [2.45, 2.75) is 114 Å². The Morgan fingerprint density at radius 1 is 0.889 bits per heavy atom. The van der Waals surface area contributed by atoms with Gasteiger partial charge in [-0.15, -0.1) is 40.5 Å². The van der Waals surface area contributed by atoms with E-state index in [1.165, 1.54) is 32.7 Å². The standard InChI is InChI=1S/C33H30NOS.C15H28O2.Ir/c1-20(2)14-24-19-36-31-17-22(10-11-26(24)31)27-18-30(34-29-12-13-35-32(27)29)23-15-21-8-6-7-9-25(21)28(16-23)33(3,4)5;1-7-14(5,8-2)12(16)11-13(17)15(6,9-3)10-4;/h6-13,16-20H,14H2,1-5H3;11,16H,7-10H2,1-6H3;/q-1;;/b;12-11-;. The molecule has 0 aliphatic rings. The van der Waals surface area contributed by atoms with E-state index in [0.717, 1.165) is 71.0 Å².